The van der Waals surface area contributed by atoms with Crippen molar-refractivity contribution in [3.05, 3.63) is 17.3 Å². The van der Waals surface area contributed by atoms with Crippen LogP contribution in [0.2, 0.25) is 6.82 Å². The second-order valence-corrected chi connectivity index (χ2v) is 3.56. The van der Waals surface area contributed by atoms with E-state index >= 15 is 0 Å². The lowest BCUT2D eigenvalue weighted by Crippen LogP contribution is -2.15. The summed E-state index contributed by atoms with van der Waals surface area (Å²) in [6.45, 7) is 1.86. The fraction of sp³-hybridized carbons (Fsp3) is 0.125. The molecule has 0 amide bonds. The van der Waals surface area contributed by atoms with Gasteiger partial charge in [0.2, 0.25) is 0 Å². The number of carboxylic acids is 1. The quantitative estimate of drug-likeness (QED) is 0.735. The van der Waals surface area contributed by atoms with Crippen LogP contribution in [0.3, 0.4) is 0 Å². The van der Waals surface area contributed by atoms with Crippen molar-refractivity contribution in [2.45, 2.75) is 6.82 Å². The zero-order chi connectivity index (χ0) is 10.1. The van der Waals surface area contributed by atoms with Crippen LogP contribution >= 0.6 is 11.3 Å². The molecule has 0 aliphatic heterocycles. The Kier molecular flexibility index (Phi) is 2.21. The first-order valence-electron chi connectivity index (χ1n) is 3.99. The normalized spacial score (nSPS) is 10.4. The lowest BCUT2D eigenvalue weighted by Gasteiger charge is -1.96. The van der Waals surface area contributed by atoms with Crippen LogP contribution in [0.25, 0.3) is 10.2 Å². The molecule has 0 spiro atoms. The highest BCUT2D eigenvalue weighted by Crippen LogP contribution is 2.21. The van der Waals surface area contributed by atoms with E-state index in [-0.39, 0.29) is 5.56 Å². The average molecular weight is 205 g/mol. The second kappa shape index (κ2) is 3.38. The highest BCUT2D eigenvalue weighted by atomic mass is 32.1. The van der Waals surface area contributed by atoms with Gasteiger partial charge in [-0.3, -0.25) is 4.98 Å². The molecule has 0 atom stereocenters. The summed E-state index contributed by atoms with van der Waals surface area (Å²) >= 11 is 1.36. The monoisotopic (exact) mass is 205 g/mol. The summed E-state index contributed by atoms with van der Waals surface area (Å²) in [4.78, 5) is 18.8. The molecule has 1 radical (unpaired) electrons. The van der Waals surface area contributed by atoms with Crippen molar-refractivity contribution in [3.8, 4) is 0 Å². The molecule has 0 fully saturated rings. The summed E-state index contributed by atoms with van der Waals surface area (Å²) in [6, 6.07) is 0. The maximum absolute atomic E-state index is 10.8. The number of carbonyl (C=O) groups is 1. The zero-order valence-corrected chi connectivity index (χ0v) is 8.21. The number of hydrogen-bond acceptors (Lipinski definition) is 4. The van der Waals surface area contributed by atoms with Crippen molar-refractivity contribution in [3.63, 3.8) is 0 Å². The molecule has 2 aromatic rings. The minimum absolute atomic E-state index is 0.246. The SMILES string of the molecule is C[B]c1ncnc2c(C(=O)O)csc12. The lowest BCUT2D eigenvalue weighted by molar-refractivity contribution is 0.0699. The largest absolute Gasteiger partial charge is 0.478 e. The topological polar surface area (TPSA) is 63.1 Å². The van der Waals surface area contributed by atoms with Gasteiger partial charge in [-0.2, -0.15) is 0 Å². The predicted molar refractivity (Wildman–Crippen MR) is 55.6 cm³/mol. The fourth-order valence-electron chi connectivity index (χ4n) is 1.23. The van der Waals surface area contributed by atoms with Gasteiger partial charge in [-0.1, -0.05) is 6.82 Å². The van der Waals surface area contributed by atoms with E-state index in [0.717, 1.165) is 10.3 Å². The first kappa shape index (κ1) is 9.14. The maximum Gasteiger partial charge on any atom is 0.338 e. The molecule has 2 aromatic heterocycles. The van der Waals surface area contributed by atoms with E-state index < -0.39 is 5.97 Å². The smallest absolute Gasteiger partial charge is 0.338 e. The number of aromatic nitrogens is 2. The molecule has 4 nitrogen and oxygen atoms in total. The van der Waals surface area contributed by atoms with Crippen LogP contribution < -0.4 is 5.59 Å². The van der Waals surface area contributed by atoms with E-state index in [2.05, 4.69) is 9.97 Å². The van der Waals surface area contributed by atoms with Gasteiger partial charge in [0.15, 0.2) is 7.28 Å². The molecule has 6 heteroatoms. The van der Waals surface area contributed by atoms with Gasteiger partial charge < -0.3 is 5.11 Å². The molecule has 2 rings (SSSR count). The van der Waals surface area contributed by atoms with Gasteiger partial charge in [0.25, 0.3) is 0 Å². The van der Waals surface area contributed by atoms with E-state index in [1.165, 1.54) is 17.7 Å². The Balaban J connectivity index is 2.75. The number of fused-ring (bicyclic) bond motifs is 1. The van der Waals surface area contributed by atoms with E-state index in [0.29, 0.717) is 5.52 Å². The van der Waals surface area contributed by atoms with Crippen LogP contribution in [0.1, 0.15) is 10.4 Å². The summed E-state index contributed by atoms with van der Waals surface area (Å²) in [6.07, 6.45) is 1.39. The Morgan fingerprint density at radius 3 is 3.00 bits per heavy atom. The van der Waals surface area contributed by atoms with E-state index in [9.17, 15) is 4.79 Å². The predicted octanol–water partition coefficient (Wildman–Crippen LogP) is 0.767. The number of carboxylic acid groups (broad SMARTS) is 1. The summed E-state index contributed by atoms with van der Waals surface area (Å²) in [5.74, 6) is -0.947. The van der Waals surface area contributed by atoms with Crippen LogP contribution in [0.4, 0.5) is 0 Å². The molecule has 0 bridgehead atoms. The minimum Gasteiger partial charge on any atom is -0.478 e. The number of aromatic carboxylic acids is 1. The number of hydrogen-bond donors (Lipinski definition) is 1. The summed E-state index contributed by atoms with van der Waals surface area (Å²) < 4.78 is 0.826. The molecule has 0 saturated heterocycles. The highest BCUT2D eigenvalue weighted by molar-refractivity contribution is 7.18. The molecule has 0 saturated carbocycles. The van der Waals surface area contributed by atoms with Gasteiger partial charge in [0.1, 0.15) is 6.33 Å². The Bertz CT molecular complexity index is 497. The zero-order valence-electron chi connectivity index (χ0n) is 7.39. The summed E-state index contributed by atoms with van der Waals surface area (Å²) in [5, 5.41) is 10.5. The van der Waals surface area contributed by atoms with Gasteiger partial charge in [0, 0.05) is 11.0 Å². The van der Waals surface area contributed by atoms with Crippen molar-refractivity contribution in [1.29, 1.82) is 0 Å². The van der Waals surface area contributed by atoms with E-state index in [1.54, 1.807) is 5.38 Å². The maximum atomic E-state index is 10.8. The molecular formula is C8H6BN2O2S. The van der Waals surface area contributed by atoms with Crippen molar-refractivity contribution in [2.75, 3.05) is 0 Å². The molecule has 1 N–H and O–H groups in total. The van der Waals surface area contributed by atoms with Crippen molar-refractivity contribution < 1.29 is 9.90 Å². The van der Waals surface area contributed by atoms with Crippen molar-refractivity contribution in [2.24, 2.45) is 0 Å². The second-order valence-electron chi connectivity index (χ2n) is 2.68. The standard InChI is InChI=1S/C8H6BN2O2S/c1-9-7-6-5(10-3-11-7)4(2-14-6)8(12)13/h2-3H,1H3,(H,12,13). The molecule has 0 aromatic carbocycles. The first-order valence-corrected chi connectivity index (χ1v) is 4.87. The Morgan fingerprint density at radius 1 is 1.57 bits per heavy atom. The Hall–Kier alpha value is -1.43. The molecule has 2 heterocycles. The minimum atomic E-state index is -0.947. The Labute approximate surface area is 84.9 Å². The average Bonchev–Trinajstić information content (AvgIpc) is 2.60. The van der Waals surface area contributed by atoms with Crippen LogP contribution in [-0.2, 0) is 0 Å². The highest BCUT2D eigenvalue weighted by Gasteiger charge is 2.14. The third-order valence-electron chi connectivity index (χ3n) is 1.88. The molecule has 0 aliphatic carbocycles. The first-order chi connectivity index (χ1) is 6.74. The van der Waals surface area contributed by atoms with Gasteiger partial charge in [-0.15, -0.1) is 11.3 Å². The van der Waals surface area contributed by atoms with Crippen molar-refractivity contribution >= 4 is 40.4 Å². The third-order valence-corrected chi connectivity index (χ3v) is 2.88. The number of thiophene rings is 1. The Morgan fingerprint density at radius 2 is 2.36 bits per heavy atom. The van der Waals surface area contributed by atoms with Crippen LogP contribution in [0.15, 0.2) is 11.7 Å². The van der Waals surface area contributed by atoms with E-state index in [4.69, 9.17) is 5.11 Å². The van der Waals surface area contributed by atoms with Gasteiger partial charge in [-0.25, -0.2) is 9.78 Å². The van der Waals surface area contributed by atoms with Gasteiger partial charge >= 0.3 is 5.97 Å². The van der Waals surface area contributed by atoms with Gasteiger partial charge in [0.05, 0.1) is 15.8 Å². The molecule has 0 unspecified atom stereocenters. The lowest BCUT2D eigenvalue weighted by atomic mass is 9.77. The molecular weight excluding hydrogens is 199 g/mol. The third kappa shape index (κ3) is 1.28. The van der Waals surface area contributed by atoms with Gasteiger partial charge in [-0.05, 0) is 0 Å². The van der Waals surface area contributed by atoms with Crippen molar-refractivity contribution in [1.82, 2.24) is 9.97 Å². The number of nitrogens with zero attached hydrogens (tertiary/aromatic N) is 2. The van der Waals surface area contributed by atoms with Crippen LogP contribution in [0.5, 0.6) is 0 Å². The number of rotatable bonds is 2. The molecule has 69 valence electrons. The molecule has 14 heavy (non-hydrogen) atoms. The van der Waals surface area contributed by atoms with Crippen LogP contribution in [0, 0.1) is 0 Å². The summed E-state index contributed by atoms with van der Waals surface area (Å²) in [7, 11) is 1.84. The van der Waals surface area contributed by atoms with E-state index in [1.807, 2.05) is 14.1 Å². The van der Waals surface area contributed by atoms with Crippen LogP contribution in [-0.4, -0.2) is 28.3 Å². The molecule has 0 aliphatic rings. The fourth-order valence-corrected chi connectivity index (χ4v) is 2.24. The summed E-state index contributed by atoms with van der Waals surface area (Å²) in [5.41, 5.74) is 1.55.